The van der Waals surface area contributed by atoms with E-state index in [-0.39, 0.29) is 23.1 Å². The number of aromatic nitrogens is 2. The molecule has 0 aliphatic rings. The maximum atomic E-state index is 11.5. The van der Waals surface area contributed by atoms with E-state index in [0.717, 1.165) is 6.26 Å². The molecule has 0 radical (unpaired) electrons. The second kappa shape index (κ2) is 5.19. The number of rotatable bonds is 5. The number of hydrogen-bond acceptors (Lipinski definition) is 6. The van der Waals surface area contributed by atoms with Gasteiger partial charge >= 0.3 is 0 Å². The molecule has 0 saturated carbocycles. The maximum Gasteiger partial charge on any atom is 0.156 e. The molecule has 1 aromatic heterocycles. The van der Waals surface area contributed by atoms with E-state index in [1.807, 2.05) is 0 Å². The first-order valence-electron chi connectivity index (χ1n) is 5.08. The summed E-state index contributed by atoms with van der Waals surface area (Å²) in [5.41, 5.74) is 0.114. The molecule has 18 heavy (non-hydrogen) atoms. The van der Waals surface area contributed by atoms with Gasteiger partial charge in [0, 0.05) is 12.8 Å². The van der Waals surface area contributed by atoms with Crippen LogP contribution in [0.25, 0.3) is 0 Å². The average Bonchev–Trinajstić information content (AvgIpc) is 2.25. The molecule has 1 aromatic rings. The fourth-order valence-electron chi connectivity index (χ4n) is 1.05. The maximum absolute atomic E-state index is 11.5. The van der Waals surface area contributed by atoms with Gasteiger partial charge in [0.15, 0.2) is 16.1 Å². The second-order valence-electron chi connectivity index (χ2n) is 4.43. The Morgan fingerprint density at radius 1 is 1.44 bits per heavy atom. The number of anilines is 1. The minimum absolute atomic E-state index is 0.0275. The summed E-state index contributed by atoms with van der Waals surface area (Å²) >= 11 is 5.73. The minimum Gasteiger partial charge on any atom is -0.368 e. The van der Waals surface area contributed by atoms with Gasteiger partial charge in [0.05, 0.1) is 10.3 Å². The Kier molecular flexibility index (Phi) is 4.28. The molecule has 0 spiro atoms. The van der Waals surface area contributed by atoms with Gasteiger partial charge < -0.3 is 5.32 Å². The largest absolute Gasteiger partial charge is 0.368 e. The van der Waals surface area contributed by atoms with Gasteiger partial charge in [-0.25, -0.2) is 18.4 Å². The molecular weight excluding hydrogens is 278 g/mol. The van der Waals surface area contributed by atoms with Crippen LogP contribution in [0.3, 0.4) is 0 Å². The molecular formula is C10H14ClN3O3S. The summed E-state index contributed by atoms with van der Waals surface area (Å²) in [6.07, 6.45) is 2.88. The third-order valence-electron chi connectivity index (χ3n) is 2.64. The highest BCUT2D eigenvalue weighted by atomic mass is 35.5. The van der Waals surface area contributed by atoms with Crippen molar-refractivity contribution in [1.82, 2.24) is 9.97 Å². The molecule has 0 amide bonds. The molecule has 6 nitrogen and oxygen atoms in total. The van der Waals surface area contributed by atoms with Crippen LogP contribution < -0.4 is 5.32 Å². The smallest absolute Gasteiger partial charge is 0.156 e. The first kappa shape index (κ1) is 14.8. The zero-order valence-corrected chi connectivity index (χ0v) is 11.8. The summed E-state index contributed by atoms with van der Waals surface area (Å²) in [6, 6.07) is 0. The van der Waals surface area contributed by atoms with E-state index in [1.165, 1.54) is 6.33 Å². The highest BCUT2D eigenvalue weighted by Crippen LogP contribution is 2.20. The molecule has 0 aromatic carbocycles. The van der Waals surface area contributed by atoms with Crippen molar-refractivity contribution in [3.8, 4) is 0 Å². The zero-order valence-electron chi connectivity index (χ0n) is 10.3. The van der Waals surface area contributed by atoms with Gasteiger partial charge in [-0.2, -0.15) is 0 Å². The third kappa shape index (κ3) is 3.17. The number of carbonyl (C=O) groups is 1. The lowest BCUT2D eigenvalue weighted by Crippen LogP contribution is -2.38. The van der Waals surface area contributed by atoms with Crippen molar-refractivity contribution >= 4 is 33.5 Å². The van der Waals surface area contributed by atoms with Crippen molar-refractivity contribution in [2.75, 3.05) is 18.1 Å². The third-order valence-corrected chi connectivity index (χ3v) is 5.09. The van der Waals surface area contributed by atoms with Crippen LogP contribution in [0.2, 0.25) is 5.15 Å². The lowest BCUT2D eigenvalue weighted by molar-refractivity contribution is 0.112. The van der Waals surface area contributed by atoms with Crippen molar-refractivity contribution in [2.24, 2.45) is 0 Å². The van der Waals surface area contributed by atoms with E-state index < -0.39 is 14.6 Å². The predicted molar refractivity (Wildman–Crippen MR) is 69.8 cm³/mol. The van der Waals surface area contributed by atoms with Gasteiger partial charge in [-0.15, -0.1) is 0 Å². The minimum atomic E-state index is -3.23. The Balaban J connectivity index is 2.95. The fraction of sp³-hybridized carbons (Fsp3) is 0.500. The number of halogens is 1. The summed E-state index contributed by atoms with van der Waals surface area (Å²) in [6.45, 7) is 3.28. The van der Waals surface area contributed by atoms with E-state index in [0.29, 0.717) is 6.29 Å². The quantitative estimate of drug-likeness (QED) is 0.647. The van der Waals surface area contributed by atoms with Crippen LogP contribution in [-0.4, -0.2) is 42.2 Å². The Bertz CT molecular complexity index is 557. The number of aldehydes is 1. The molecule has 0 atom stereocenters. The van der Waals surface area contributed by atoms with Crippen molar-refractivity contribution < 1.29 is 13.2 Å². The lowest BCUT2D eigenvalue weighted by Gasteiger charge is -2.23. The van der Waals surface area contributed by atoms with E-state index in [2.05, 4.69) is 15.3 Å². The Labute approximate surface area is 111 Å². The topological polar surface area (TPSA) is 89.0 Å². The number of nitrogens with one attached hydrogen (secondary N) is 1. The van der Waals surface area contributed by atoms with E-state index >= 15 is 0 Å². The lowest BCUT2D eigenvalue weighted by atomic mass is 10.2. The molecule has 0 saturated heterocycles. The Hall–Kier alpha value is -1.21. The molecule has 0 fully saturated rings. The molecule has 1 rings (SSSR count). The number of sulfone groups is 1. The van der Waals surface area contributed by atoms with Gasteiger partial charge in [0.25, 0.3) is 0 Å². The van der Waals surface area contributed by atoms with Crippen LogP contribution in [0.1, 0.15) is 24.2 Å². The van der Waals surface area contributed by atoms with Crippen molar-refractivity contribution in [3.63, 3.8) is 0 Å². The van der Waals surface area contributed by atoms with Crippen LogP contribution in [0.4, 0.5) is 5.82 Å². The standard InChI is InChI=1S/C10H14ClN3O3S/c1-10(2,18(3,16)17)5-12-9-7(4-15)8(11)13-6-14-9/h4,6H,5H2,1-3H3,(H,12,13,14). The summed E-state index contributed by atoms with van der Waals surface area (Å²) in [7, 11) is -3.23. The van der Waals surface area contributed by atoms with Crippen LogP contribution in [-0.2, 0) is 9.84 Å². The monoisotopic (exact) mass is 291 g/mol. The number of carbonyl (C=O) groups excluding carboxylic acids is 1. The molecule has 0 unspecified atom stereocenters. The van der Waals surface area contributed by atoms with Crippen LogP contribution in [0.5, 0.6) is 0 Å². The molecule has 1 heterocycles. The van der Waals surface area contributed by atoms with Gasteiger partial charge in [0.2, 0.25) is 0 Å². The highest BCUT2D eigenvalue weighted by molar-refractivity contribution is 7.92. The predicted octanol–water partition coefficient (Wildman–Crippen LogP) is 1.18. The highest BCUT2D eigenvalue weighted by Gasteiger charge is 2.30. The molecule has 100 valence electrons. The van der Waals surface area contributed by atoms with Crippen molar-refractivity contribution in [1.29, 1.82) is 0 Å². The molecule has 8 heteroatoms. The molecule has 0 bridgehead atoms. The normalized spacial score (nSPS) is 12.2. The summed E-state index contributed by atoms with van der Waals surface area (Å²) < 4.78 is 22.1. The molecule has 0 aliphatic carbocycles. The van der Waals surface area contributed by atoms with Crippen LogP contribution >= 0.6 is 11.6 Å². The van der Waals surface area contributed by atoms with Crippen LogP contribution in [0, 0.1) is 0 Å². The first-order chi connectivity index (χ1) is 8.19. The van der Waals surface area contributed by atoms with Crippen molar-refractivity contribution in [3.05, 3.63) is 17.0 Å². The summed E-state index contributed by atoms with van der Waals surface area (Å²) in [5, 5.41) is 2.83. The fourth-order valence-corrected chi connectivity index (χ4v) is 1.56. The SMILES string of the molecule is CC(C)(CNc1ncnc(Cl)c1C=O)S(C)(=O)=O. The number of nitrogens with zero attached hydrogens (tertiary/aromatic N) is 2. The van der Waals surface area contributed by atoms with Gasteiger partial charge in [-0.3, -0.25) is 4.79 Å². The summed E-state index contributed by atoms with van der Waals surface area (Å²) in [4.78, 5) is 18.4. The van der Waals surface area contributed by atoms with Gasteiger partial charge in [0.1, 0.15) is 17.3 Å². The second-order valence-corrected chi connectivity index (χ2v) is 7.44. The first-order valence-corrected chi connectivity index (χ1v) is 7.35. The van der Waals surface area contributed by atoms with Crippen LogP contribution in [0.15, 0.2) is 6.33 Å². The molecule has 0 aliphatic heterocycles. The zero-order chi connectivity index (χ0) is 14.0. The Morgan fingerprint density at radius 3 is 2.56 bits per heavy atom. The van der Waals surface area contributed by atoms with Crippen molar-refractivity contribution in [2.45, 2.75) is 18.6 Å². The van der Waals surface area contributed by atoms with E-state index in [4.69, 9.17) is 11.6 Å². The molecule has 1 N–H and O–H groups in total. The van der Waals surface area contributed by atoms with E-state index in [1.54, 1.807) is 13.8 Å². The Morgan fingerprint density at radius 2 is 2.06 bits per heavy atom. The average molecular weight is 292 g/mol. The number of hydrogen-bond donors (Lipinski definition) is 1. The summed E-state index contributed by atoms with van der Waals surface area (Å²) in [5.74, 6) is 0.224. The van der Waals surface area contributed by atoms with Gasteiger partial charge in [-0.05, 0) is 13.8 Å². The van der Waals surface area contributed by atoms with E-state index in [9.17, 15) is 13.2 Å². The van der Waals surface area contributed by atoms with Gasteiger partial charge in [-0.1, -0.05) is 11.6 Å².